The van der Waals surface area contributed by atoms with Crippen molar-refractivity contribution in [1.29, 1.82) is 0 Å². The van der Waals surface area contributed by atoms with Gasteiger partial charge in [0.1, 0.15) is 6.04 Å². The minimum absolute atomic E-state index is 0.00244. The second kappa shape index (κ2) is 9.05. The molecule has 0 radical (unpaired) electrons. The quantitative estimate of drug-likeness (QED) is 0.768. The van der Waals surface area contributed by atoms with Crippen molar-refractivity contribution in [3.8, 4) is 0 Å². The van der Waals surface area contributed by atoms with E-state index in [1.807, 2.05) is 30.9 Å². The van der Waals surface area contributed by atoms with Crippen molar-refractivity contribution in [2.45, 2.75) is 52.5 Å². The SMILES string of the molecule is CC(C)[C@@H](NC(=O)[C@@H]1CCNC1)C(=O)N1CCC(c2ccc(Cl)cc2)C(C)(C)C1. The molecule has 0 saturated carbocycles. The van der Waals surface area contributed by atoms with Gasteiger partial charge >= 0.3 is 0 Å². The lowest BCUT2D eigenvalue weighted by atomic mass is 9.70. The summed E-state index contributed by atoms with van der Waals surface area (Å²) in [5.41, 5.74) is 1.22. The molecule has 1 aromatic rings. The van der Waals surface area contributed by atoms with Crippen LogP contribution in [0.2, 0.25) is 5.02 Å². The normalized spacial score (nSPS) is 25.1. The molecule has 0 spiro atoms. The zero-order chi connectivity index (χ0) is 21.2. The van der Waals surface area contributed by atoms with Crippen LogP contribution in [0.4, 0.5) is 0 Å². The standard InChI is InChI=1S/C23H34ClN3O2/c1-15(2)20(26-21(28)17-9-11-25-13-17)22(29)27-12-10-19(23(3,4)14-27)16-5-7-18(24)8-6-16/h5-8,15,17,19-20,25H,9-14H2,1-4H3,(H,26,28)/t17-,19?,20-/m1/s1. The van der Waals surface area contributed by atoms with Gasteiger partial charge in [-0.3, -0.25) is 9.59 Å². The molecule has 0 aliphatic carbocycles. The number of likely N-dealkylation sites (tertiary alicyclic amines) is 1. The number of nitrogens with one attached hydrogen (secondary N) is 2. The molecule has 1 unspecified atom stereocenters. The summed E-state index contributed by atoms with van der Waals surface area (Å²) < 4.78 is 0. The first-order valence-electron chi connectivity index (χ1n) is 10.7. The minimum atomic E-state index is -0.467. The number of carbonyl (C=O) groups is 2. The second-order valence-corrected chi connectivity index (χ2v) is 10.00. The lowest BCUT2D eigenvalue weighted by Gasteiger charge is -2.45. The Morgan fingerprint density at radius 2 is 1.90 bits per heavy atom. The summed E-state index contributed by atoms with van der Waals surface area (Å²) in [6.07, 6.45) is 1.75. The zero-order valence-corrected chi connectivity index (χ0v) is 18.8. The summed E-state index contributed by atoms with van der Waals surface area (Å²) in [4.78, 5) is 27.9. The highest BCUT2D eigenvalue weighted by Gasteiger charge is 2.41. The molecule has 2 N–H and O–H groups in total. The third kappa shape index (κ3) is 5.13. The van der Waals surface area contributed by atoms with Gasteiger partial charge in [0, 0.05) is 24.7 Å². The van der Waals surface area contributed by atoms with Gasteiger partial charge in [0.15, 0.2) is 0 Å². The summed E-state index contributed by atoms with van der Waals surface area (Å²) in [5, 5.41) is 7.01. The van der Waals surface area contributed by atoms with E-state index in [9.17, 15) is 9.59 Å². The van der Waals surface area contributed by atoms with Crippen molar-refractivity contribution >= 4 is 23.4 Å². The monoisotopic (exact) mass is 419 g/mol. The van der Waals surface area contributed by atoms with Crippen LogP contribution in [0.1, 0.15) is 52.0 Å². The first kappa shape index (κ1) is 22.1. The third-order valence-corrected chi connectivity index (χ3v) is 6.73. The number of benzene rings is 1. The molecule has 3 atom stereocenters. The first-order chi connectivity index (χ1) is 13.7. The molecule has 3 rings (SSSR count). The molecule has 2 heterocycles. The Labute approximate surface area is 179 Å². The predicted molar refractivity (Wildman–Crippen MR) is 117 cm³/mol. The Kier molecular flexibility index (Phi) is 6.90. The lowest BCUT2D eigenvalue weighted by molar-refractivity contribution is -0.141. The fraction of sp³-hybridized carbons (Fsp3) is 0.652. The summed E-state index contributed by atoms with van der Waals surface area (Å²) in [6, 6.07) is 7.60. The average molecular weight is 420 g/mol. The molecule has 0 aromatic heterocycles. The van der Waals surface area contributed by atoms with Crippen LogP contribution in [0.3, 0.4) is 0 Å². The maximum absolute atomic E-state index is 13.3. The molecule has 2 saturated heterocycles. The van der Waals surface area contributed by atoms with Gasteiger partial charge in [-0.05, 0) is 54.3 Å². The summed E-state index contributed by atoms with van der Waals surface area (Å²) >= 11 is 6.05. The van der Waals surface area contributed by atoms with Crippen LogP contribution in [-0.2, 0) is 9.59 Å². The minimum Gasteiger partial charge on any atom is -0.344 e. The van der Waals surface area contributed by atoms with Gasteiger partial charge in [0.25, 0.3) is 0 Å². The van der Waals surface area contributed by atoms with E-state index in [-0.39, 0.29) is 29.1 Å². The van der Waals surface area contributed by atoms with E-state index >= 15 is 0 Å². The zero-order valence-electron chi connectivity index (χ0n) is 18.0. The first-order valence-corrected chi connectivity index (χ1v) is 11.1. The predicted octanol–water partition coefficient (Wildman–Crippen LogP) is 3.43. The van der Waals surface area contributed by atoms with Crippen molar-refractivity contribution < 1.29 is 9.59 Å². The number of nitrogens with zero attached hydrogens (tertiary/aromatic N) is 1. The molecule has 2 aliphatic heterocycles. The maximum Gasteiger partial charge on any atom is 0.245 e. The van der Waals surface area contributed by atoms with Crippen molar-refractivity contribution in [3.63, 3.8) is 0 Å². The Morgan fingerprint density at radius 3 is 2.45 bits per heavy atom. The van der Waals surface area contributed by atoms with E-state index in [1.165, 1.54) is 5.56 Å². The number of amides is 2. The van der Waals surface area contributed by atoms with Gasteiger partial charge in [0.2, 0.25) is 11.8 Å². The van der Waals surface area contributed by atoms with Crippen LogP contribution >= 0.6 is 11.6 Å². The molecule has 1 aromatic carbocycles. The average Bonchev–Trinajstić information content (AvgIpc) is 3.20. The maximum atomic E-state index is 13.3. The van der Waals surface area contributed by atoms with E-state index in [0.29, 0.717) is 25.6 Å². The number of piperidine rings is 1. The van der Waals surface area contributed by atoms with Crippen molar-refractivity contribution in [3.05, 3.63) is 34.9 Å². The highest BCUT2D eigenvalue weighted by Crippen LogP contribution is 2.42. The fourth-order valence-corrected chi connectivity index (χ4v) is 4.84. The van der Waals surface area contributed by atoms with Gasteiger partial charge in [-0.2, -0.15) is 0 Å². The Bertz CT molecular complexity index is 726. The van der Waals surface area contributed by atoms with Crippen LogP contribution in [0.25, 0.3) is 0 Å². The molecule has 6 heteroatoms. The van der Waals surface area contributed by atoms with E-state index in [0.717, 1.165) is 24.4 Å². The topological polar surface area (TPSA) is 61.4 Å². The molecular weight excluding hydrogens is 386 g/mol. The Morgan fingerprint density at radius 1 is 1.21 bits per heavy atom. The molecular formula is C23H34ClN3O2. The smallest absolute Gasteiger partial charge is 0.245 e. The van der Waals surface area contributed by atoms with E-state index in [2.05, 4.69) is 36.6 Å². The Hall–Kier alpha value is -1.59. The largest absolute Gasteiger partial charge is 0.344 e. The Balaban J connectivity index is 1.68. The molecule has 29 heavy (non-hydrogen) atoms. The van der Waals surface area contributed by atoms with Crippen molar-refractivity contribution in [2.24, 2.45) is 17.3 Å². The number of hydrogen-bond donors (Lipinski definition) is 2. The van der Waals surface area contributed by atoms with Crippen molar-refractivity contribution in [2.75, 3.05) is 26.2 Å². The number of hydrogen-bond acceptors (Lipinski definition) is 3. The highest BCUT2D eigenvalue weighted by molar-refractivity contribution is 6.30. The molecule has 5 nitrogen and oxygen atoms in total. The van der Waals surface area contributed by atoms with Crippen LogP contribution in [-0.4, -0.2) is 48.9 Å². The van der Waals surface area contributed by atoms with E-state index in [4.69, 9.17) is 11.6 Å². The highest BCUT2D eigenvalue weighted by atomic mass is 35.5. The van der Waals surface area contributed by atoms with Gasteiger partial charge in [0.05, 0.1) is 5.92 Å². The number of halogens is 1. The number of carbonyl (C=O) groups excluding carboxylic acids is 2. The summed E-state index contributed by atoms with van der Waals surface area (Å²) in [7, 11) is 0. The fourth-order valence-electron chi connectivity index (χ4n) is 4.72. The molecule has 2 fully saturated rings. The van der Waals surface area contributed by atoms with Gasteiger partial charge in [-0.15, -0.1) is 0 Å². The summed E-state index contributed by atoms with van der Waals surface area (Å²) in [5.74, 6) is 0.439. The van der Waals surface area contributed by atoms with Crippen LogP contribution < -0.4 is 10.6 Å². The molecule has 2 amide bonds. The second-order valence-electron chi connectivity index (χ2n) is 9.56. The van der Waals surface area contributed by atoms with Gasteiger partial charge < -0.3 is 15.5 Å². The van der Waals surface area contributed by atoms with Gasteiger partial charge in [-0.1, -0.05) is 51.4 Å². The van der Waals surface area contributed by atoms with E-state index < -0.39 is 6.04 Å². The molecule has 2 aliphatic rings. The third-order valence-electron chi connectivity index (χ3n) is 6.48. The lowest BCUT2D eigenvalue weighted by Crippen LogP contribution is -2.56. The summed E-state index contributed by atoms with van der Waals surface area (Å²) in [6.45, 7) is 11.4. The molecule has 0 bridgehead atoms. The van der Waals surface area contributed by atoms with Gasteiger partial charge in [-0.25, -0.2) is 0 Å². The van der Waals surface area contributed by atoms with Crippen LogP contribution in [0.15, 0.2) is 24.3 Å². The number of rotatable bonds is 5. The van der Waals surface area contributed by atoms with Crippen LogP contribution in [0, 0.1) is 17.3 Å². The van der Waals surface area contributed by atoms with E-state index in [1.54, 1.807) is 0 Å². The van der Waals surface area contributed by atoms with Crippen molar-refractivity contribution in [1.82, 2.24) is 15.5 Å². The molecule has 160 valence electrons. The van der Waals surface area contributed by atoms with Crippen LogP contribution in [0.5, 0.6) is 0 Å².